The van der Waals surface area contributed by atoms with Crippen LogP contribution in [0, 0.1) is 0 Å². The molecule has 2 aromatic rings. The number of nitrogens with zero attached hydrogens (tertiary/aromatic N) is 1. The van der Waals surface area contributed by atoms with Gasteiger partial charge in [0.25, 0.3) is 5.91 Å². The Morgan fingerprint density at radius 2 is 2.21 bits per heavy atom. The second kappa shape index (κ2) is 3.06. The van der Waals surface area contributed by atoms with Gasteiger partial charge in [-0.05, 0) is 12.1 Å². The van der Waals surface area contributed by atoms with Crippen molar-refractivity contribution in [3.05, 3.63) is 36.0 Å². The van der Waals surface area contributed by atoms with Gasteiger partial charge in [0.05, 0.1) is 11.1 Å². The van der Waals surface area contributed by atoms with Crippen LogP contribution in [0.2, 0.25) is 0 Å². The molecule has 0 bridgehead atoms. The van der Waals surface area contributed by atoms with Crippen LogP contribution in [0.4, 0.5) is 0 Å². The SMILES string of the molecule is COn1ccc2cccc(C(N)=O)c21. The number of hydrogen-bond acceptors (Lipinski definition) is 2. The van der Waals surface area contributed by atoms with E-state index >= 15 is 0 Å². The van der Waals surface area contributed by atoms with Gasteiger partial charge in [0.15, 0.2) is 0 Å². The first kappa shape index (κ1) is 8.62. The lowest BCUT2D eigenvalue weighted by atomic mass is 10.1. The molecule has 0 atom stereocenters. The second-order valence-electron chi connectivity index (χ2n) is 2.93. The fourth-order valence-corrected chi connectivity index (χ4v) is 1.52. The minimum absolute atomic E-state index is 0.451. The molecule has 1 amide bonds. The van der Waals surface area contributed by atoms with Crippen molar-refractivity contribution in [2.45, 2.75) is 0 Å². The molecule has 0 spiro atoms. The maximum Gasteiger partial charge on any atom is 0.250 e. The molecule has 0 aliphatic carbocycles. The maximum absolute atomic E-state index is 11.1. The summed E-state index contributed by atoms with van der Waals surface area (Å²) in [4.78, 5) is 16.2. The molecule has 1 aromatic heterocycles. The topological polar surface area (TPSA) is 57.2 Å². The van der Waals surface area contributed by atoms with Gasteiger partial charge < -0.3 is 10.6 Å². The van der Waals surface area contributed by atoms with Crippen LogP contribution in [0.25, 0.3) is 10.9 Å². The molecule has 0 radical (unpaired) electrons. The van der Waals surface area contributed by atoms with E-state index in [0.717, 1.165) is 5.39 Å². The standard InChI is InChI=1S/C10H10N2O2/c1-14-12-6-5-7-3-2-4-8(9(7)12)10(11)13/h2-6H,1H3,(H2,11,13). The Bertz CT molecular complexity index is 488. The predicted molar refractivity (Wildman–Crippen MR) is 53.0 cm³/mol. The number of amides is 1. The summed E-state index contributed by atoms with van der Waals surface area (Å²) in [6, 6.07) is 7.24. The summed E-state index contributed by atoms with van der Waals surface area (Å²) in [6.45, 7) is 0. The van der Waals surface area contributed by atoms with Crippen molar-refractivity contribution in [2.75, 3.05) is 7.11 Å². The van der Waals surface area contributed by atoms with Crippen LogP contribution >= 0.6 is 0 Å². The van der Waals surface area contributed by atoms with E-state index in [1.807, 2.05) is 12.1 Å². The Morgan fingerprint density at radius 1 is 1.43 bits per heavy atom. The summed E-state index contributed by atoms with van der Waals surface area (Å²) in [5.41, 5.74) is 6.43. The molecule has 2 rings (SSSR count). The highest BCUT2D eigenvalue weighted by atomic mass is 16.6. The fraction of sp³-hybridized carbons (Fsp3) is 0.100. The maximum atomic E-state index is 11.1. The normalized spacial score (nSPS) is 10.4. The lowest BCUT2D eigenvalue weighted by molar-refractivity contribution is 0.0999. The van der Waals surface area contributed by atoms with Gasteiger partial charge in [0.1, 0.15) is 7.11 Å². The monoisotopic (exact) mass is 190 g/mol. The van der Waals surface area contributed by atoms with Gasteiger partial charge in [-0.2, -0.15) is 4.73 Å². The summed E-state index contributed by atoms with van der Waals surface area (Å²) in [5, 5.41) is 0.933. The van der Waals surface area contributed by atoms with Crippen LogP contribution in [-0.4, -0.2) is 17.7 Å². The van der Waals surface area contributed by atoms with Crippen molar-refractivity contribution in [3.63, 3.8) is 0 Å². The van der Waals surface area contributed by atoms with Crippen molar-refractivity contribution in [3.8, 4) is 0 Å². The van der Waals surface area contributed by atoms with E-state index in [1.54, 1.807) is 18.3 Å². The van der Waals surface area contributed by atoms with E-state index in [2.05, 4.69) is 0 Å². The minimum Gasteiger partial charge on any atom is -0.417 e. The van der Waals surface area contributed by atoms with Gasteiger partial charge in [-0.1, -0.05) is 12.1 Å². The van der Waals surface area contributed by atoms with Crippen molar-refractivity contribution in [1.82, 2.24) is 4.73 Å². The molecule has 0 saturated carbocycles. The van der Waals surface area contributed by atoms with Gasteiger partial charge in [-0.25, -0.2) is 0 Å². The zero-order valence-corrected chi connectivity index (χ0v) is 7.73. The first-order valence-electron chi connectivity index (χ1n) is 4.18. The van der Waals surface area contributed by atoms with Crippen LogP contribution in [0.1, 0.15) is 10.4 Å². The number of nitrogens with two attached hydrogens (primary N) is 1. The van der Waals surface area contributed by atoms with E-state index in [-0.39, 0.29) is 0 Å². The van der Waals surface area contributed by atoms with E-state index in [9.17, 15) is 4.79 Å². The molecular weight excluding hydrogens is 180 g/mol. The molecule has 0 saturated heterocycles. The van der Waals surface area contributed by atoms with Crippen LogP contribution in [0.15, 0.2) is 30.5 Å². The lowest BCUT2D eigenvalue weighted by Crippen LogP contribution is -2.14. The number of primary amides is 1. The van der Waals surface area contributed by atoms with Crippen molar-refractivity contribution in [1.29, 1.82) is 0 Å². The molecule has 14 heavy (non-hydrogen) atoms. The van der Waals surface area contributed by atoms with E-state index in [1.165, 1.54) is 11.8 Å². The Kier molecular flexibility index (Phi) is 1.89. The molecule has 0 aliphatic rings. The summed E-state index contributed by atoms with van der Waals surface area (Å²) >= 11 is 0. The van der Waals surface area contributed by atoms with Crippen molar-refractivity contribution in [2.24, 2.45) is 5.73 Å². The summed E-state index contributed by atoms with van der Waals surface area (Å²) in [6.07, 6.45) is 1.75. The number of hydrogen-bond donors (Lipinski definition) is 1. The Labute approximate surface area is 80.8 Å². The van der Waals surface area contributed by atoms with E-state index < -0.39 is 5.91 Å². The highest BCUT2D eigenvalue weighted by Gasteiger charge is 2.10. The predicted octanol–water partition coefficient (Wildman–Crippen LogP) is 0.799. The zero-order chi connectivity index (χ0) is 10.1. The van der Waals surface area contributed by atoms with E-state index in [4.69, 9.17) is 10.6 Å². The fourth-order valence-electron chi connectivity index (χ4n) is 1.52. The third-order valence-corrected chi connectivity index (χ3v) is 2.14. The molecular formula is C10H10N2O2. The van der Waals surface area contributed by atoms with Crippen LogP contribution in [0.3, 0.4) is 0 Å². The van der Waals surface area contributed by atoms with Crippen molar-refractivity contribution < 1.29 is 9.63 Å². The van der Waals surface area contributed by atoms with Crippen molar-refractivity contribution >= 4 is 16.8 Å². The average Bonchev–Trinajstić information content (AvgIpc) is 2.59. The number of carbonyl (C=O) groups is 1. The average molecular weight is 190 g/mol. The number of fused-ring (bicyclic) bond motifs is 1. The molecule has 1 heterocycles. The van der Waals surface area contributed by atoms with Gasteiger partial charge in [-0.3, -0.25) is 4.79 Å². The van der Waals surface area contributed by atoms with Gasteiger partial charge in [0, 0.05) is 11.6 Å². The summed E-state index contributed by atoms with van der Waals surface area (Å²) in [7, 11) is 1.54. The molecule has 0 fully saturated rings. The molecule has 4 nitrogen and oxygen atoms in total. The summed E-state index contributed by atoms with van der Waals surface area (Å²) in [5.74, 6) is -0.451. The highest BCUT2D eigenvalue weighted by molar-refractivity contribution is 6.05. The number of benzene rings is 1. The molecule has 1 aromatic carbocycles. The largest absolute Gasteiger partial charge is 0.417 e. The quantitative estimate of drug-likeness (QED) is 0.761. The lowest BCUT2D eigenvalue weighted by Gasteiger charge is -2.04. The Hall–Kier alpha value is -1.97. The Morgan fingerprint density at radius 3 is 2.86 bits per heavy atom. The molecule has 0 aliphatic heterocycles. The van der Waals surface area contributed by atoms with Gasteiger partial charge in [0.2, 0.25) is 0 Å². The minimum atomic E-state index is -0.451. The first-order chi connectivity index (χ1) is 6.74. The summed E-state index contributed by atoms with van der Waals surface area (Å²) < 4.78 is 1.52. The van der Waals surface area contributed by atoms with E-state index in [0.29, 0.717) is 11.1 Å². The third-order valence-electron chi connectivity index (χ3n) is 2.14. The van der Waals surface area contributed by atoms with Crippen LogP contribution in [0.5, 0.6) is 0 Å². The third kappa shape index (κ3) is 1.12. The first-order valence-corrected chi connectivity index (χ1v) is 4.18. The molecule has 2 N–H and O–H groups in total. The zero-order valence-electron chi connectivity index (χ0n) is 7.73. The second-order valence-corrected chi connectivity index (χ2v) is 2.93. The smallest absolute Gasteiger partial charge is 0.250 e. The molecule has 4 heteroatoms. The number of rotatable bonds is 2. The van der Waals surface area contributed by atoms with Gasteiger partial charge in [-0.15, -0.1) is 0 Å². The number of aromatic nitrogens is 1. The number of para-hydroxylation sites is 1. The molecule has 0 unspecified atom stereocenters. The van der Waals surface area contributed by atoms with Crippen LogP contribution < -0.4 is 10.6 Å². The highest BCUT2D eigenvalue weighted by Crippen LogP contribution is 2.18. The molecule has 72 valence electrons. The number of carbonyl (C=O) groups excluding carboxylic acids is 1. The van der Waals surface area contributed by atoms with Gasteiger partial charge >= 0.3 is 0 Å². The Balaban J connectivity index is 2.81. The van der Waals surface area contributed by atoms with Crippen LogP contribution in [-0.2, 0) is 0 Å².